The molecule has 3 nitrogen and oxygen atoms in total. The third kappa shape index (κ3) is 1.15. The van der Waals surface area contributed by atoms with Crippen LogP contribution in [0.5, 0.6) is 0 Å². The molecule has 1 aliphatic carbocycles. The summed E-state index contributed by atoms with van der Waals surface area (Å²) in [5.41, 5.74) is 8.72. The minimum atomic E-state index is 0.594. The second-order valence-corrected chi connectivity index (χ2v) is 3.44. The average Bonchev–Trinajstić information content (AvgIpc) is 2.79. The number of anilines is 1. The molecule has 0 aromatic carbocycles. The van der Waals surface area contributed by atoms with E-state index >= 15 is 0 Å². The minimum absolute atomic E-state index is 0.594. The first-order valence-corrected chi connectivity index (χ1v) is 4.29. The number of nitrogen functional groups attached to an aromatic ring is 1. The van der Waals surface area contributed by atoms with Gasteiger partial charge in [0.15, 0.2) is 0 Å². The largest absolute Gasteiger partial charge is 0.382 e. The molecule has 1 aromatic heterocycles. The maximum absolute atomic E-state index is 5.76. The summed E-state index contributed by atoms with van der Waals surface area (Å²) >= 11 is 0. The monoisotopic (exact) mass is 163 g/mol. The van der Waals surface area contributed by atoms with Gasteiger partial charge < -0.3 is 5.73 Å². The zero-order chi connectivity index (χ0) is 8.72. The fourth-order valence-electron chi connectivity index (χ4n) is 1.29. The summed E-state index contributed by atoms with van der Waals surface area (Å²) < 4.78 is 0. The second-order valence-electron chi connectivity index (χ2n) is 3.44. The number of aromatic nitrogens is 2. The van der Waals surface area contributed by atoms with E-state index in [2.05, 4.69) is 9.97 Å². The Bertz CT molecular complexity index is 316. The van der Waals surface area contributed by atoms with Crippen LogP contribution in [0.1, 0.15) is 35.8 Å². The van der Waals surface area contributed by atoms with E-state index in [1.54, 1.807) is 0 Å². The molecule has 1 fully saturated rings. The smallest absolute Gasteiger partial charge is 0.145 e. The lowest BCUT2D eigenvalue weighted by molar-refractivity contribution is 0.942. The van der Waals surface area contributed by atoms with Crippen LogP contribution in [0, 0.1) is 13.8 Å². The van der Waals surface area contributed by atoms with Crippen molar-refractivity contribution in [1.29, 1.82) is 0 Å². The topological polar surface area (TPSA) is 51.8 Å². The van der Waals surface area contributed by atoms with E-state index in [0.717, 1.165) is 17.1 Å². The number of nitrogens with zero attached hydrogens (tertiary/aromatic N) is 2. The summed E-state index contributed by atoms with van der Waals surface area (Å²) in [6.07, 6.45) is 2.45. The van der Waals surface area contributed by atoms with Gasteiger partial charge in [-0.15, -0.1) is 0 Å². The van der Waals surface area contributed by atoms with Crippen LogP contribution in [0.4, 0.5) is 5.82 Å². The quantitative estimate of drug-likeness (QED) is 0.683. The lowest BCUT2D eigenvalue weighted by Gasteiger charge is -2.05. The summed E-state index contributed by atoms with van der Waals surface area (Å²) in [5, 5.41) is 0. The number of hydrogen-bond donors (Lipinski definition) is 1. The predicted molar refractivity (Wildman–Crippen MR) is 47.9 cm³/mol. The summed E-state index contributed by atoms with van der Waals surface area (Å²) in [4.78, 5) is 8.70. The first-order valence-electron chi connectivity index (χ1n) is 4.29. The molecular weight excluding hydrogens is 150 g/mol. The van der Waals surface area contributed by atoms with Crippen LogP contribution in [0.3, 0.4) is 0 Å². The van der Waals surface area contributed by atoms with Crippen molar-refractivity contribution in [2.45, 2.75) is 32.6 Å². The molecule has 1 heterocycles. The Hall–Kier alpha value is -1.12. The molecule has 0 amide bonds. The Labute approximate surface area is 72.0 Å². The van der Waals surface area contributed by atoms with Crippen LogP contribution >= 0.6 is 0 Å². The molecule has 0 atom stereocenters. The van der Waals surface area contributed by atoms with Crippen LogP contribution in [0.15, 0.2) is 0 Å². The lowest BCUT2D eigenvalue weighted by Crippen LogP contribution is -2.03. The van der Waals surface area contributed by atoms with Crippen molar-refractivity contribution >= 4 is 5.82 Å². The summed E-state index contributed by atoms with van der Waals surface area (Å²) in [6.45, 7) is 3.92. The highest BCUT2D eigenvalue weighted by molar-refractivity contribution is 5.40. The Kier molecular flexibility index (Phi) is 1.53. The Morgan fingerprint density at radius 3 is 2.33 bits per heavy atom. The number of rotatable bonds is 1. The van der Waals surface area contributed by atoms with Gasteiger partial charge in [0, 0.05) is 5.92 Å². The minimum Gasteiger partial charge on any atom is -0.382 e. The van der Waals surface area contributed by atoms with Crippen LogP contribution in [-0.2, 0) is 0 Å². The SMILES string of the molecule is Cc1nc(N)c(C2CC2)nc1C. The van der Waals surface area contributed by atoms with Crippen LogP contribution in [-0.4, -0.2) is 9.97 Å². The lowest BCUT2D eigenvalue weighted by atomic mass is 10.2. The molecule has 0 bridgehead atoms. The van der Waals surface area contributed by atoms with Gasteiger partial charge in [0.05, 0.1) is 17.1 Å². The molecule has 2 N–H and O–H groups in total. The van der Waals surface area contributed by atoms with Gasteiger partial charge in [0.2, 0.25) is 0 Å². The second kappa shape index (κ2) is 2.44. The van der Waals surface area contributed by atoms with Crippen LogP contribution in [0.2, 0.25) is 0 Å². The van der Waals surface area contributed by atoms with E-state index in [4.69, 9.17) is 5.73 Å². The molecule has 1 saturated carbocycles. The number of aryl methyl sites for hydroxylation is 2. The van der Waals surface area contributed by atoms with Gasteiger partial charge in [-0.05, 0) is 26.7 Å². The molecule has 1 aliphatic rings. The first-order chi connectivity index (χ1) is 5.68. The molecule has 0 radical (unpaired) electrons. The maximum Gasteiger partial charge on any atom is 0.145 e. The zero-order valence-corrected chi connectivity index (χ0v) is 7.46. The van der Waals surface area contributed by atoms with E-state index in [9.17, 15) is 0 Å². The molecule has 12 heavy (non-hydrogen) atoms. The normalized spacial score (nSPS) is 16.5. The van der Waals surface area contributed by atoms with Crippen LogP contribution < -0.4 is 5.73 Å². The molecule has 0 spiro atoms. The van der Waals surface area contributed by atoms with Crippen molar-refractivity contribution in [1.82, 2.24) is 9.97 Å². The van der Waals surface area contributed by atoms with Crippen molar-refractivity contribution in [3.63, 3.8) is 0 Å². The van der Waals surface area contributed by atoms with E-state index < -0.39 is 0 Å². The zero-order valence-electron chi connectivity index (χ0n) is 7.46. The molecule has 2 rings (SSSR count). The standard InChI is InChI=1S/C9H13N3/c1-5-6(2)12-9(10)8(11-5)7-3-4-7/h7H,3-4H2,1-2H3,(H2,10,12). The number of nitrogens with two attached hydrogens (primary N) is 1. The highest BCUT2D eigenvalue weighted by Gasteiger charge is 2.28. The molecule has 64 valence electrons. The fraction of sp³-hybridized carbons (Fsp3) is 0.556. The molecule has 1 aromatic rings. The van der Waals surface area contributed by atoms with E-state index in [1.165, 1.54) is 12.8 Å². The average molecular weight is 163 g/mol. The Morgan fingerprint density at radius 2 is 1.75 bits per heavy atom. The van der Waals surface area contributed by atoms with Crippen molar-refractivity contribution < 1.29 is 0 Å². The molecule has 0 aliphatic heterocycles. The molecule has 0 unspecified atom stereocenters. The van der Waals surface area contributed by atoms with E-state index in [-0.39, 0.29) is 0 Å². The highest BCUT2D eigenvalue weighted by atomic mass is 14.9. The van der Waals surface area contributed by atoms with Gasteiger partial charge in [-0.3, -0.25) is 4.98 Å². The molecule has 0 saturated heterocycles. The number of hydrogen-bond acceptors (Lipinski definition) is 3. The summed E-state index contributed by atoms with van der Waals surface area (Å²) in [5.74, 6) is 1.22. The van der Waals surface area contributed by atoms with E-state index in [0.29, 0.717) is 11.7 Å². The predicted octanol–water partition coefficient (Wildman–Crippen LogP) is 1.55. The van der Waals surface area contributed by atoms with E-state index in [1.807, 2.05) is 13.8 Å². The third-order valence-electron chi connectivity index (χ3n) is 2.33. The van der Waals surface area contributed by atoms with Gasteiger partial charge in [-0.1, -0.05) is 0 Å². The molecule has 3 heteroatoms. The Morgan fingerprint density at radius 1 is 1.17 bits per heavy atom. The Balaban J connectivity index is 2.47. The summed E-state index contributed by atoms with van der Waals surface area (Å²) in [6, 6.07) is 0. The van der Waals surface area contributed by atoms with Crippen molar-refractivity contribution in [2.24, 2.45) is 0 Å². The fourth-order valence-corrected chi connectivity index (χ4v) is 1.29. The highest BCUT2D eigenvalue weighted by Crippen LogP contribution is 2.41. The maximum atomic E-state index is 5.76. The first kappa shape index (κ1) is 7.53. The van der Waals surface area contributed by atoms with Crippen LogP contribution in [0.25, 0.3) is 0 Å². The van der Waals surface area contributed by atoms with Gasteiger partial charge in [0.1, 0.15) is 5.82 Å². The molecular formula is C9H13N3. The van der Waals surface area contributed by atoms with Gasteiger partial charge in [-0.25, -0.2) is 4.98 Å². The van der Waals surface area contributed by atoms with Crippen molar-refractivity contribution in [2.75, 3.05) is 5.73 Å². The van der Waals surface area contributed by atoms with Gasteiger partial charge in [0.25, 0.3) is 0 Å². The third-order valence-corrected chi connectivity index (χ3v) is 2.33. The summed E-state index contributed by atoms with van der Waals surface area (Å²) in [7, 11) is 0. The van der Waals surface area contributed by atoms with Gasteiger partial charge in [-0.2, -0.15) is 0 Å². The van der Waals surface area contributed by atoms with Crippen molar-refractivity contribution in [3.05, 3.63) is 17.1 Å². The van der Waals surface area contributed by atoms with Gasteiger partial charge >= 0.3 is 0 Å². The van der Waals surface area contributed by atoms with Crippen molar-refractivity contribution in [3.8, 4) is 0 Å².